The zero-order chi connectivity index (χ0) is 13.4. The molecule has 0 bridgehead atoms. The Balaban J connectivity index is 2.12. The second-order valence-corrected chi connectivity index (χ2v) is 6.40. The smallest absolute Gasteiger partial charge is 0.0477 e. The van der Waals surface area contributed by atoms with Gasteiger partial charge in [0.15, 0.2) is 0 Å². The highest BCUT2D eigenvalue weighted by Crippen LogP contribution is 2.40. The van der Waals surface area contributed by atoms with E-state index in [2.05, 4.69) is 33.0 Å². The van der Waals surface area contributed by atoms with Crippen LogP contribution in [0.5, 0.6) is 0 Å². The maximum absolute atomic E-state index is 5.36. The fourth-order valence-electron chi connectivity index (χ4n) is 2.99. The lowest BCUT2D eigenvalue weighted by Gasteiger charge is -2.39. The van der Waals surface area contributed by atoms with E-state index in [4.69, 9.17) is 4.74 Å². The minimum absolute atomic E-state index is 0.542. The zero-order valence-electron chi connectivity index (χ0n) is 12.9. The van der Waals surface area contributed by atoms with E-state index < -0.39 is 0 Å². The Bertz CT molecular complexity index is 207. The van der Waals surface area contributed by atoms with Crippen LogP contribution in [-0.4, -0.2) is 25.8 Å². The van der Waals surface area contributed by atoms with Crippen molar-refractivity contribution >= 4 is 0 Å². The minimum Gasteiger partial charge on any atom is -0.382 e. The molecule has 108 valence electrons. The molecule has 0 radical (unpaired) electrons. The van der Waals surface area contributed by atoms with Gasteiger partial charge in [0.05, 0.1) is 0 Å². The first kappa shape index (κ1) is 16.0. The Labute approximate surface area is 114 Å². The second-order valence-electron chi connectivity index (χ2n) is 6.40. The molecule has 2 heteroatoms. The number of nitrogens with one attached hydrogen (secondary N) is 1. The summed E-state index contributed by atoms with van der Waals surface area (Å²) in [6.07, 6.45) is 8.00. The fraction of sp³-hybridized carbons (Fsp3) is 1.00. The average Bonchev–Trinajstić information content (AvgIpc) is 2.39. The first-order valence-corrected chi connectivity index (χ1v) is 7.91. The Hall–Kier alpha value is -0.0800. The molecule has 18 heavy (non-hydrogen) atoms. The molecule has 0 aliphatic heterocycles. The van der Waals surface area contributed by atoms with Gasteiger partial charge in [-0.1, -0.05) is 27.2 Å². The van der Waals surface area contributed by atoms with Gasteiger partial charge in [0.1, 0.15) is 0 Å². The standard InChI is InChI=1S/C16H33NO/c1-5-16(3,4)14-8-10-15(11-9-14)17-12-7-13-18-6-2/h14-15,17H,5-13H2,1-4H3. The van der Waals surface area contributed by atoms with E-state index in [0.29, 0.717) is 5.41 Å². The third kappa shape index (κ3) is 5.27. The van der Waals surface area contributed by atoms with Crippen LogP contribution in [0, 0.1) is 11.3 Å². The van der Waals surface area contributed by atoms with Crippen LogP contribution in [0.15, 0.2) is 0 Å². The maximum atomic E-state index is 5.36. The van der Waals surface area contributed by atoms with Crippen LogP contribution in [0.3, 0.4) is 0 Å². The number of rotatable bonds is 8. The van der Waals surface area contributed by atoms with Crippen LogP contribution in [0.2, 0.25) is 0 Å². The van der Waals surface area contributed by atoms with E-state index in [9.17, 15) is 0 Å². The van der Waals surface area contributed by atoms with Crippen molar-refractivity contribution in [1.29, 1.82) is 0 Å². The van der Waals surface area contributed by atoms with E-state index in [1.165, 1.54) is 32.1 Å². The molecule has 0 amide bonds. The Morgan fingerprint density at radius 1 is 1.11 bits per heavy atom. The van der Waals surface area contributed by atoms with Gasteiger partial charge in [-0.3, -0.25) is 0 Å². The zero-order valence-corrected chi connectivity index (χ0v) is 12.9. The van der Waals surface area contributed by atoms with E-state index in [1.807, 2.05) is 0 Å². The van der Waals surface area contributed by atoms with Crippen LogP contribution in [0.4, 0.5) is 0 Å². The lowest BCUT2D eigenvalue weighted by atomic mass is 9.69. The molecule has 1 rings (SSSR count). The highest BCUT2D eigenvalue weighted by molar-refractivity contribution is 4.84. The monoisotopic (exact) mass is 255 g/mol. The van der Waals surface area contributed by atoms with Gasteiger partial charge < -0.3 is 10.1 Å². The lowest BCUT2D eigenvalue weighted by Crippen LogP contribution is -2.37. The van der Waals surface area contributed by atoms with Crippen LogP contribution >= 0.6 is 0 Å². The third-order valence-corrected chi connectivity index (χ3v) is 4.85. The summed E-state index contributed by atoms with van der Waals surface area (Å²) >= 11 is 0. The largest absolute Gasteiger partial charge is 0.382 e. The van der Waals surface area contributed by atoms with E-state index in [0.717, 1.165) is 38.1 Å². The maximum Gasteiger partial charge on any atom is 0.0477 e. The summed E-state index contributed by atoms with van der Waals surface area (Å²) in [7, 11) is 0. The SMILES string of the molecule is CCOCCCNC1CCC(C(C)(C)CC)CC1. The van der Waals surface area contributed by atoms with Crippen LogP contribution < -0.4 is 5.32 Å². The molecule has 0 saturated heterocycles. The van der Waals surface area contributed by atoms with Crippen molar-refractivity contribution in [3.05, 3.63) is 0 Å². The highest BCUT2D eigenvalue weighted by atomic mass is 16.5. The molecule has 0 aromatic carbocycles. The normalized spacial score (nSPS) is 25.3. The summed E-state index contributed by atoms with van der Waals surface area (Å²) in [6, 6.07) is 0.760. The number of hydrogen-bond acceptors (Lipinski definition) is 2. The van der Waals surface area contributed by atoms with Crippen molar-refractivity contribution in [2.24, 2.45) is 11.3 Å². The molecule has 1 N–H and O–H groups in total. The van der Waals surface area contributed by atoms with Crippen LogP contribution in [-0.2, 0) is 4.74 Å². The predicted octanol–water partition coefficient (Wildman–Crippen LogP) is 4.00. The summed E-state index contributed by atoms with van der Waals surface area (Å²) < 4.78 is 5.36. The van der Waals surface area contributed by atoms with E-state index in [-0.39, 0.29) is 0 Å². The molecule has 0 aromatic heterocycles. The quantitative estimate of drug-likeness (QED) is 0.662. The van der Waals surface area contributed by atoms with E-state index in [1.54, 1.807) is 0 Å². The fourth-order valence-corrected chi connectivity index (χ4v) is 2.99. The van der Waals surface area contributed by atoms with Gasteiger partial charge in [-0.05, 0) is 56.9 Å². The molecule has 0 unspecified atom stereocenters. The number of ether oxygens (including phenoxy) is 1. The van der Waals surface area contributed by atoms with Crippen molar-refractivity contribution < 1.29 is 4.74 Å². The molecule has 1 aliphatic carbocycles. The van der Waals surface area contributed by atoms with Crippen molar-refractivity contribution in [2.45, 2.75) is 72.3 Å². The highest BCUT2D eigenvalue weighted by Gasteiger charge is 2.31. The van der Waals surface area contributed by atoms with Crippen LogP contribution in [0.1, 0.15) is 66.2 Å². The molecule has 1 fully saturated rings. The van der Waals surface area contributed by atoms with E-state index >= 15 is 0 Å². The third-order valence-electron chi connectivity index (χ3n) is 4.85. The summed E-state index contributed by atoms with van der Waals surface area (Å²) in [5, 5.41) is 3.69. The van der Waals surface area contributed by atoms with Gasteiger partial charge in [0.2, 0.25) is 0 Å². The van der Waals surface area contributed by atoms with Crippen molar-refractivity contribution in [1.82, 2.24) is 5.32 Å². The Morgan fingerprint density at radius 2 is 1.78 bits per heavy atom. The summed E-state index contributed by atoms with van der Waals surface area (Å²) in [5.41, 5.74) is 0.542. The van der Waals surface area contributed by atoms with Crippen molar-refractivity contribution in [2.75, 3.05) is 19.8 Å². The molecule has 0 spiro atoms. The topological polar surface area (TPSA) is 21.3 Å². The predicted molar refractivity (Wildman–Crippen MR) is 78.9 cm³/mol. The van der Waals surface area contributed by atoms with Gasteiger partial charge >= 0.3 is 0 Å². The minimum atomic E-state index is 0.542. The first-order chi connectivity index (χ1) is 8.60. The lowest BCUT2D eigenvalue weighted by molar-refractivity contribution is 0.130. The Kier molecular flexibility index (Phi) is 7.25. The average molecular weight is 255 g/mol. The second kappa shape index (κ2) is 8.16. The van der Waals surface area contributed by atoms with Gasteiger partial charge in [0.25, 0.3) is 0 Å². The molecule has 2 nitrogen and oxygen atoms in total. The molecule has 0 aromatic rings. The molecule has 0 atom stereocenters. The van der Waals surface area contributed by atoms with Gasteiger partial charge in [-0.2, -0.15) is 0 Å². The molecular weight excluding hydrogens is 222 g/mol. The van der Waals surface area contributed by atoms with Crippen molar-refractivity contribution in [3.63, 3.8) is 0 Å². The molecule has 1 aliphatic rings. The van der Waals surface area contributed by atoms with Crippen molar-refractivity contribution in [3.8, 4) is 0 Å². The Morgan fingerprint density at radius 3 is 2.33 bits per heavy atom. The summed E-state index contributed by atoms with van der Waals surface area (Å²) in [6.45, 7) is 12.1. The summed E-state index contributed by atoms with van der Waals surface area (Å²) in [4.78, 5) is 0. The van der Waals surface area contributed by atoms with Gasteiger partial charge in [-0.25, -0.2) is 0 Å². The first-order valence-electron chi connectivity index (χ1n) is 7.91. The van der Waals surface area contributed by atoms with Gasteiger partial charge in [-0.15, -0.1) is 0 Å². The summed E-state index contributed by atoms with van der Waals surface area (Å²) in [5.74, 6) is 0.934. The molecule has 0 heterocycles. The molecule has 1 saturated carbocycles. The van der Waals surface area contributed by atoms with Gasteiger partial charge in [0, 0.05) is 19.3 Å². The molecular formula is C16H33NO. The van der Waals surface area contributed by atoms with Crippen LogP contribution in [0.25, 0.3) is 0 Å². The number of hydrogen-bond donors (Lipinski definition) is 1.